The van der Waals surface area contributed by atoms with Crippen LogP contribution in [0.3, 0.4) is 0 Å². The first-order valence-electron chi connectivity index (χ1n) is 7.23. The number of likely N-dealkylation sites (tertiary alicyclic amines) is 1. The lowest BCUT2D eigenvalue weighted by atomic mass is 10.2. The molecule has 0 aromatic heterocycles. The second-order valence-corrected chi connectivity index (χ2v) is 5.60. The molecule has 1 aromatic rings. The first-order valence-corrected chi connectivity index (χ1v) is 7.23. The van der Waals surface area contributed by atoms with E-state index < -0.39 is 0 Å². The molecule has 2 atom stereocenters. The summed E-state index contributed by atoms with van der Waals surface area (Å²) in [5.74, 6) is 0.0155. The van der Waals surface area contributed by atoms with Gasteiger partial charge in [-0.25, -0.2) is 0 Å². The first kappa shape index (κ1) is 13.4. The number of amides is 1. The largest absolute Gasteiger partial charge is 0.397 e. The maximum Gasteiger partial charge on any atom is 0.225 e. The number of hydrogen-bond acceptors (Lipinski definition) is 4. The van der Waals surface area contributed by atoms with Crippen LogP contribution in [0.4, 0.5) is 11.4 Å². The Hall–Kier alpha value is -1.59. The van der Waals surface area contributed by atoms with Gasteiger partial charge in [0.15, 0.2) is 0 Å². The Labute approximate surface area is 119 Å². The molecule has 0 radical (unpaired) electrons. The Morgan fingerprint density at radius 1 is 1.30 bits per heavy atom. The van der Waals surface area contributed by atoms with Crippen molar-refractivity contribution in [3.05, 3.63) is 24.3 Å². The second kappa shape index (κ2) is 5.81. The third-order valence-electron chi connectivity index (χ3n) is 4.01. The van der Waals surface area contributed by atoms with E-state index in [2.05, 4.69) is 10.2 Å². The van der Waals surface area contributed by atoms with Crippen LogP contribution in [0.15, 0.2) is 24.3 Å². The third kappa shape index (κ3) is 3.11. The summed E-state index contributed by atoms with van der Waals surface area (Å²) in [6.07, 6.45) is 3.57. The van der Waals surface area contributed by atoms with E-state index >= 15 is 0 Å². The first-order chi connectivity index (χ1) is 9.70. The lowest BCUT2D eigenvalue weighted by Crippen LogP contribution is -2.43. The number of fused-ring (bicyclic) bond motifs is 2. The number of morpholine rings is 1. The van der Waals surface area contributed by atoms with Gasteiger partial charge >= 0.3 is 0 Å². The highest BCUT2D eigenvalue weighted by molar-refractivity contribution is 5.93. The SMILES string of the molecule is Nc1ccccc1NC(=O)CCN1CC2CCC(C1)O2. The van der Waals surface area contributed by atoms with Crippen LogP contribution in [0.5, 0.6) is 0 Å². The molecule has 5 heteroatoms. The van der Waals surface area contributed by atoms with Crippen molar-refractivity contribution in [1.29, 1.82) is 0 Å². The number of carbonyl (C=O) groups is 1. The summed E-state index contributed by atoms with van der Waals surface area (Å²) in [6.45, 7) is 2.70. The predicted molar refractivity (Wildman–Crippen MR) is 78.4 cm³/mol. The van der Waals surface area contributed by atoms with Crippen LogP contribution in [0.25, 0.3) is 0 Å². The fourth-order valence-electron chi connectivity index (χ4n) is 2.96. The van der Waals surface area contributed by atoms with Crippen LogP contribution in [0.2, 0.25) is 0 Å². The molecule has 0 aliphatic carbocycles. The van der Waals surface area contributed by atoms with Gasteiger partial charge < -0.3 is 15.8 Å². The molecule has 108 valence electrons. The number of para-hydroxylation sites is 2. The molecule has 0 spiro atoms. The molecule has 5 nitrogen and oxygen atoms in total. The van der Waals surface area contributed by atoms with Crippen molar-refractivity contribution in [3.8, 4) is 0 Å². The van der Waals surface area contributed by atoms with E-state index in [-0.39, 0.29) is 5.91 Å². The van der Waals surface area contributed by atoms with Gasteiger partial charge in [0, 0.05) is 26.1 Å². The number of ether oxygens (including phenoxy) is 1. The third-order valence-corrected chi connectivity index (χ3v) is 4.01. The fourth-order valence-corrected chi connectivity index (χ4v) is 2.96. The number of rotatable bonds is 4. The van der Waals surface area contributed by atoms with E-state index in [1.54, 1.807) is 6.07 Å². The smallest absolute Gasteiger partial charge is 0.225 e. The molecule has 3 N–H and O–H groups in total. The zero-order valence-electron chi connectivity index (χ0n) is 11.5. The summed E-state index contributed by atoms with van der Waals surface area (Å²) >= 11 is 0. The highest BCUT2D eigenvalue weighted by atomic mass is 16.5. The average Bonchev–Trinajstić information content (AvgIpc) is 2.78. The number of benzene rings is 1. The van der Waals surface area contributed by atoms with Gasteiger partial charge in [0.25, 0.3) is 0 Å². The Morgan fingerprint density at radius 2 is 2.00 bits per heavy atom. The zero-order chi connectivity index (χ0) is 13.9. The van der Waals surface area contributed by atoms with Crippen molar-refractivity contribution in [1.82, 2.24) is 4.90 Å². The molecule has 3 rings (SSSR count). The number of nitrogens with one attached hydrogen (secondary N) is 1. The van der Waals surface area contributed by atoms with Crippen molar-refractivity contribution in [3.63, 3.8) is 0 Å². The lowest BCUT2D eigenvalue weighted by Gasteiger charge is -2.31. The second-order valence-electron chi connectivity index (χ2n) is 5.60. The molecule has 1 amide bonds. The summed E-state index contributed by atoms with van der Waals surface area (Å²) < 4.78 is 5.79. The van der Waals surface area contributed by atoms with Gasteiger partial charge in [-0.15, -0.1) is 0 Å². The summed E-state index contributed by atoms with van der Waals surface area (Å²) in [6, 6.07) is 7.33. The Bertz CT molecular complexity index is 480. The molecule has 2 fully saturated rings. The Morgan fingerprint density at radius 3 is 2.70 bits per heavy atom. The monoisotopic (exact) mass is 275 g/mol. The summed E-state index contributed by atoms with van der Waals surface area (Å²) in [5.41, 5.74) is 7.11. The summed E-state index contributed by atoms with van der Waals surface area (Å²) in [4.78, 5) is 14.3. The minimum absolute atomic E-state index is 0.0155. The van der Waals surface area contributed by atoms with E-state index in [1.165, 1.54) is 0 Å². The molecule has 20 heavy (non-hydrogen) atoms. The number of nitrogens with zero attached hydrogens (tertiary/aromatic N) is 1. The minimum atomic E-state index is 0.0155. The number of carbonyl (C=O) groups excluding carboxylic acids is 1. The maximum atomic E-state index is 12.0. The molecule has 2 unspecified atom stereocenters. The van der Waals surface area contributed by atoms with Crippen molar-refractivity contribution in [2.45, 2.75) is 31.5 Å². The Balaban J connectivity index is 1.47. The van der Waals surface area contributed by atoms with Crippen molar-refractivity contribution >= 4 is 17.3 Å². The van der Waals surface area contributed by atoms with E-state index in [9.17, 15) is 4.79 Å². The van der Waals surface area contributed by atoms with Crippen LogP contribution >= 0.6 is 0 Å². The van der Waals surface area contributed by atoms with Gasteiger partial charge in [-0.1, -0.05) is 12.1 Å². The number of nitrogens with two attached hydrogens (primary N) is 1. The highest BCUT2D eigenvalue weighted by Gasteiger charge is 2.33. The van der Waals surface area contributed by atoms with Gasteiger partial charge in [-0.3, -0.25) is 9.69 Å². The molecule has 0 saturated carbocycles. The minimum Gasteiger partial charge on any atom is -0.397 e. The molecule has 2 saturated heterocycles. The average molecular weight is 275 g/mol. The molecular formula is C15H21N3O2. The quantitative estimate of drug-likeness (QED) is 0.816. The highest BCUT2D eigenvalue weighted by Crippen LogP contribution is 2.26. The van der Waals surface area contributed by atoms with Crippen molar-refractivity contribution in [2.75, 3.05) is 30.7 Å². The van der Waals surface area contributed by atoms with E-state index in [1.807, 2.05) is 18.2 Å². The normalized spacial score (nSPS) is 25.6. The molecule has 2 aliphatic rings. The van der Waals surface area contributed by atoms with Crippen LogP contribution < -0.4 is 11.1 Å². The van der Waals surface area contributed by atoms with Gasteiger partial charge in [0.05, 0.1) is 23.6 Å². The topological polar surface area (TPSA) is 67.6 Å². The van der Waals surface area contributed by atoms with Gasteiger partial charge in [0.1, 0.15) is 0 Å². The van der Waals surface area contributed by atoms with E-state index in [4.69, 9.17) is 10.5 Å². The molecule has 2 heterocycles. The molecule has 2 aliphatic heterocycles. The molecule has 1 aromatic carbocycles. The van der Waals surface area contributed by atoms with E-state index in [0.717, 1.165) is 32.5 Å². The van der Waals surface area contributed by atoms with Gasteiger partial charge in [-0.05, 0) is 25.0 Å². The lowest BCUT2D eigenvalue weighted by molar-refractivity contribution is -0.117. The van der Waals surface area contributed by atoms with Gasteiger partial charge in [0.2, 0.25) is 5.91 Å². The van der Waals surface area contributed by atoms with Crippen LogP contribution in [-0.4, -0.2) is 42.6 Å². The maximum absolute atomic E-state index is 12.0. The van der Waals surface area contributed by atoms with Crippen molar-refractivity contribution in [2.24, 2.45) is 0 Å². The van der Waals surface area contributed by atoms with Crippen LogP contribution in [0, 0.1) is 0 Å². The van der Waals surface area contributed by atoms with Crippen LogP contribution in [0.1, 0.15) is 19.3 Å². The number of nitrogen functional groups attached to an aromatic ring is 1. The molecular weight excluding hydrogens is 254 g/mol. The fraction of sp³-hybridized carbons (Fsp3) is 0.533. The standard InChI is InChI=1S/C15H21N3O2/c16-13-3-1-2-4-14(13)17-15(19)7-8-18-9-11-5-6-12(10-18)20-11/h1-4,11-12H,5-10,16H2,(H,17,19). The number of anilines is 2. The zero-order valence-corrected chi connectivity index (χ0v) is 11.5. The van der Waals surface area contributed by atoms with E-state index in [0.29, 0.717) is 30.0 Å². The number of hydrogen-bond donors (Lipinski definition) is 2. The van der Waals surface area contributed by atoms with Gasteiger partial charge in [-0.2, -0.15) is 0 Å². The van der Waals surface area contributed by atoms with Crippen LogP contribution in [-0.2, 0) is 9.53 Å². The summed E-state index contributed by atoms with van der Waals surface area (Å²) in [5, 5.41) is 2.87. The summed E-state index contributed by atoms with van der Waals surface area (Å²) in [7, 11) is 0. The predicted octanol–water partition coefficient (Wildman–Crippen LogP) is 1.46. The molecule has 2 bridgehead atoms. The van der Waals surface area contributed by atoms with Crippen molar-refractivity contribution < 1.29 is 9.53 Å². The Kier molecular flexibility index (Phi) is 3.89.